The van der Waals surface area contributed by atoms with Gasteiger partial charge in [-0.05, 0) is 30.4 Å². The van der Waals surface area contributed by atoms with Crippen LogP contribution in [0.2, 0.25) is 0 Å². The lowest BCUT2D eigenvalue weighted by Gasteiger charge is -2.37. The number of rotatable bonds is 1. The SMILES string of the molecule is c1coc(C2CNCC23CCCCC3)c1. The van der Waals surface area contributed by atoms with Crippen molar-refractivity contribution in [3.63, 3.8) is 0 Å². The van der Waals surface area contributed by atoms with Gasteiger partial charge in [0.05, 0.1) is 6.26 Å². The first-order valence-electron chi connectivity index (χ1n) is 6.15. The van der Waals surface area contributed by atoms with Gasteiger partial charge >= 0.3 is 0 Å². The molecular weight excluding hydrogens is 186 g/mol. The molecule has 1 aliphatic heterocycles. The molecule has 1 aromatic rings. The van der Waals surface area contributed by atoms with Crippen LogP contribution in [0.15, 0.2) is 22.8 Å². The molecule has 1 atom stereocenters. The van der Waals surface area contributed by atoms with E-state index in [9.17, 15) is 0 Å². The molecule has 3 rings (SSSR count). The number of furan rings is 1. The molecule has 2 heterocycles. The van der Waals surface area contributed by atoms with E-state index in [1.54, 1.807) is 0 Å². The summed E-state index contributed by atoms with van der Waals surface area (Å²) in [6, 6.07) is 4.16. The van der Waals surface area contributed by atoms with Crippen LogP contribution >= 0.6 is 0 Å². The Morgan fingerprint density at radius 2 is 2.13 bits per heavy atom. The summed E-state index contributed by atoms with van der Waals surface area (Å²) in [5, 5.41) is 3.56. The maximum Gasteiger partial charge on any atom is 0.108 e. The Hall–Kier alpha value is -0.760. The van der Waals surface area contributed by atoms with Crippen LogP contribution in [0.1, 0.15) is 43.8 Å². The summed E-state index contributed by atoms with van der Waals surface area (Å²) in [7, 11) is 0. The highest BCUT2D eigenvalue weighted by atomic mass is 16.3. The average molecular weight is 205 g/mol. The lowest BCUT2D eigenvalue weighted by molar-refractivity contribution is 0.175. The number of nitrogens with one attached hydrogen (secondary N) is 1. The highest BCUT2D eigenvalue weighted by Crippen LogP contribution is 2.49. The van der Waals surface area contributed by atoms with Crippen LogP contribution in [-0.4, -0.2) is 13.1 Å². The van der Waals surface area contributed by atoms with Gasteiger partial charge in [-0.3, -0.25) is 0 Å². The Labute approximate surface area is 91.0 Å². The summed E-state index contributed by atoms with van der Waals surface area (Å²) in [6.07, 6.45) is 8.80. The maximum absolute atomic E-state index is 5.60. The van der Waals surface area contributed by atoms with Crippen molar-refractivity contribution in [2.45, 2.75) is 38.0 Å². The molecule has 1 aliphatic carbocycles. The van der Waals surface area contributed by atoms with Gasteiger partial charge in [0, 0.05) is 19.0 Å². The fourth-order valence-corrected chi connectivity index (χ4v) is 3.48. The average Bonchev–Trinajstić information content (AvgIpc) is 2.88. The van der Waals surface area contributed by atoms with E-state index in [1.807, 2.05) is 12.3 Å². The fraction of sp³-hybridized carbons (Fsp3) is 0.692. The van der Waals surface area contributed by atoms with Crippen LogP contribution in [0.3, 0.4) is 0 Å². The molecular formula is C13H19NO. The molecule has 0 bridgehead atoms. The summed E-state index contributed by atoms with van der Waals surface area (Å²) in [5.41, 5.74) is 0.510. The van der Waals surface area contributed by atoms with Gasteiger partial charge in [0.1, 0.15) is 5.76 Å². The normalized spacial score (nSPS) is 29.7. The summed E-state index contributed by atoms with van der Waals surface area (Å²) in [4.78, 5) is 0. The third-order valence-electron chi connectivity index (χ3n) is 4.30. The van der Waals surface area contributed by atoms with E-state index in [1.165, 1.54) is 44.4 Å². The predicted molar refractivity (Wildman–Crippen MR) is 59.8 cm³/mol. The van der Waals surface area contributed by atoms with E-state index in [0.29, 0.717) is 11.3 Å². The highest BCUT2D eigenvalue weighted by molar-refractivity contribution is 5.15. The van der Waals surface area contributed by atoms with Crippen LogP contribution in [-0.2, 0) is 0 Å². The van der Waals surface area contributed by atoms with Gasteiger partial charge in [0.15, 0.2) is 0 Å². The number of hydrogen-bond donors (Lipinski definition) is 1. The van der Waals surface area contributed by atoms with Crippen molar-refractivity contribution < 1.29 is 4.42 Å². The summed E-state index contributed by atoms with van der Waals surface area (Å²) >= 11 is 0. The second kappa shape index (κ2) is 3.67. The van der Waals surface area contributed by atoms with E-state index in [-0.39, 0.29) is 0 Å². The number of hydrogen-bond acceptors (Lipinski definition) is 2. The first-order chi connectivity index (χ1) is 7.41. The van der Waals surface area contributed by atoms with E-state index in [2.05, 4.69) is 11.4 Å². The zero-order valence-corrected chi connectivity index (χ0v) is 9.17. The van der Waals surface area contributed by atoms with Crippen LogP contribution in [0.25, 0.3) is 0 Å². The minimum absolute atomic E-state index is 0.510. The van der Waals surface area contributed by atoms with Crippen LogP contribution in [0, 0.1) is 5.41 Å². The van der Waals surface area contributed by atoms with Crippen molar-refractivity contribution >= 4 is 0 Å². The van der Waals surface area contributed by atoms with E-state index in [4.69, 9.17) is 4.42 Å². The van der Waals surface area contributed by atoms with Gasteiger partial charge in [0.25, 0.3) is 0 Å². The van der Waals surface area contributed by atoms with Gasteiger partial charge in [-0.2, -0.15) is 0 Å². The third kappa shape index (κ3) is 1.51. The second-order valence-electron chi connectivity index (χ2n) is 5.12. The molecule has 1 N–H and O–H groups in total. The van der Waals surface area contributed by atoms with Gasteiger partial charge < -0.3 is 9.73 Å². The van der Waals surface area contributed by atoms with Gasteiger partial charge in [-0.1, -0.05) is 19.3 Å². The van der Waals surface area contributed by atoms with Crippen molar-refractivity contribution in [2.24, 2.45) is 5.41 Å². The molecule has 82 valence electrons. The Morgan fingerprint density at radius 3 is 2.87 bits per heavy atom. The highest BCUT2D eigenvalue weighted by Gasteiger charge is 2.45. The van der Waals surface area contributed by atoms with Crippen molar-refractivity contribution in [2.75, 3.05) is 13.1 Å². The van der Waals surface area contributed by atoms with Crippen molar-refractivity contribution in [1.29, 1.82) is 0 Å². The van der Waals surface area contributed by atoms with E-state index < -0.39 is 0 Å². The maximum atomic E-state index is 5.60. The Bertz CT molecular complexity index is 311. The minimum Gasteiger partial charge on any atom is -0.469 e. The molecule has 2 aliphatic rings. The molecule has 2 heteroatoms. The van der Waals surface area contributed by atoms with Crippen molar-refractivity contribution in [3.8, 4) is 0 Å². The lowest BCUT2D eigenvalue weighted by atomic mass is 9.67. The Balaban J connectivity index is 1.87. The molecule has 2 nitrogen and oxygen atoms in total. The van der Waals surface area contributed by atoms with Gasteiger partial charge in [0.2, 0.25) is 0 Å². The predicted octanol–water partition coefficient (Wildman–Crippen LogP) is 2.92. The lowest BCUT2D eigenvalue weighted by Crippen LogP contribution is -2.31. The second-order valence-corrected chi connectivity index (χ2v) is 5.12. The molecule has 0 radical (unpaired) electrons. The summed E-state index contributed by atoms with van der Waals surface area (Å²) in [6.45, 7) is 2.30. The molecule has 2 fully saturated rings. The largest absolute Gasteiger partial charge is 0.469 e. The van der Waals surface area contributed by atoms with Gasteiger partial charge in [-0.25, -0.2) is 0 Å². The zero-order chi connectivity index (χ0) is 10.1. The van der Waals surface area contributed by atoms with Crippen molar-refractivity contribution in [3.05, 3.63) is 24.2 Å². The molecule has 0 amide bonds. The smallest absolute Gasteiger partial charge is 0.108 e. The van der Waals surface area contributed by atoms with Crippen LogP contribution in [0.5, 0.6) is 0 Å². The third-order valence-corrected chi connectivity index (χ3v) is 4.30. The summed E-state index contributed by atoms with van der Waals surface area (Å²) in [5.74, 6) is 1.81. The fourth-order valence-electron chi connectivity index (χ4n) is 3.48. The molecule has 1 saturated carbocycles. The topological polar surface area (TPSA) is 25.2 Å². The van der Waals surface area contributed by atoms with Crippen LogP contribution < -0.4 is 5.32 Å². The minimum atomic E-state index is 0.510. The molecule has 1 aromatic heterocycles. The zero-order valence-electron chi connectivity index (χ0n) is 9.17. The van der Waals surface area contributed by atoms with Gasteiger partial charge in [-0.15, -0.1) is 0 Å². The molecule has 1 unspecified atom stereocenters. The van der Waals surface area contributed by atoms with E-state index in [0.717, 1.165) is 6.54 Å². The standard InChI is InChI=1S/C13H19NO/c1-2-6-13(7-3-1)10-14-9-11(13)12-5-4-8-15-12/h4-5,8,11,14H,1-3,6-7,9-10H2. The van der Waals surface area contributed by atoms with Crippen molar-refractivity contribution in [1.82, 2.24) is 5.32 Å². The first-order valence-corrected chi connectivity index (χ1v) is 6.15. The molecule has 0 aromatic carbocycles. The molecule has 15 heavy (non-hydrogen) atoms. The summed E-state index contributed by atoms with van der Waals surface area (Å²) < 4.78 is 5.60. The quantitative estimate of drug-likeness (QED) is 0.762. The molecule has 1 spiro atoms. The van der Waals surface area contributed by atoms with E-state index >= 15 is 0 Å². The molecule has 1 saturated heterocycles. The monoisotopic (exact) mass is 205 g/mol. The first kappa shape index (κ1) is 9.46. The Kier molecular flexibility index (Phi) is 2.32. The Morgan fingerprint density at radius 1 is 1.27 bits per heavy atom. The van der Waals surface area contributed by atoms with Crippen LogP contribution in [0.4, 0.5) is 0 Å².